The predicted octanol–water partition coefficient (Wildman–Crippen LogP) is 1.69. The summed E-state index contributed by atoms with van der Waals surface area (Å²) in [5.41, 5.74) is 0. The summed E-state index contributed by atoms with van der Waals surface area (Å²) in [6, 6.07) is 0.317. The second kappa shape index (κ2) is 2.38. The van der Waals surface area contributed by atoms with Crippen LogP contribution in [0.5, 0.6) is 0 Å². The van der Waals surface area contributed by atoms with Gasteiger partial charge in [0.1, 0.15) is 5.84 Å². The van der Waals surface area contributed by atoms with Crippen molar-refractivity contribution in [2.75, 3.05) is 0 Å². The Hall–Kier alpha value is -1.31. The summed E-state index contributed by atoms with van der Waals surface area (Å²) in [5, 5.41) is 0. The van der Waals surface area contributed by atoms with Crippen molar-refractivity contribution in [3.8, 4) is 0 Å². The van der Waals surface area contributed by atoms with Crippen LogP contribution in [0, 0.1) is 0 Å². The van der Waals surface area contributed by atoms with E-state index in [1.165, 1.54) is 0 Å². The van der Waals surface area contributed by atoms with E-state index in [0.717, 1.165) is 5.84 Å². The Kier molecular flexibility index (Phi) is 1.39. The van der Waals surface area contributed by atoms with Crippen molar-refractivity contribution < 1.29 is 0 Å². The fourth-order valence-corrected chi connectivity index (χ4v) is 1.15. The molecular formula is C9H10N2. The molecule has 0 aromatic heterocycles. The maximum atomic E-state index is 4.42. The molecule has 0 bridgehead atoms. The molecule has 1 atom stereocenters. The van der Waals surface area contributed by atoms with Gasteiger partial charge in [-0.2, -0.15) is 0 Å². The molecule has 2 aliphatic rings. The highest BCUT2D eigenvalue weighted by Gasteiger charge is 2.10. The quantitative estimate of drug-likeness (QED) is 0.507. The lowest BCUT2D eigenvalue weighted by Gasteiger charge is -2.22. The van der Waals surface area contributed by atoms with Gasteiger partial charge in [-0.15, -0.1) is 0 Å². The molecule has 2 nitrogen and oxygen atoms in total. The highest BCUT2D eigenvalue weighted by Crippen LogP contribution is 2.10. The first-order valence-electron chi connectivity index (χ1n) is 3.75. The van der Waals surface area contributed by atoms with Crippen LogP contribution in [0.2, 0.25) is 0 Å². The minimum absolute atomic E-state index is 0.317. The van der Waals surface area contributed by atoms with Gasteiger partial charge >= 0.3 is 0 Å². The van der Waals surface area contributed by atoms with E-state index < -0.39 is 0 Å². The van der Waals surface area contributed by atoms with E-state index >= 15 is 0 Å². The second-order valence-corrected chi connectivity index (χ2v) is 2.68. The van der Waals surface area contributed by atoms with Crippen LogP contribution >= 0.6 is 0 Å². The molecule has 1 unspecified atom stereocenters. The molecular weight excluding hydrogens is 136 g/mol. The van der Waals surface area contributed by atoms with Gasteiger partial charge in [0.2, 0.25) is 0 Å². The third-order valence-electron chi connectivity index (χ3n) is 1.73. The first kappa shape index (κ1) is 6.40. The first-order valence-corrected chi connectivity index (χ1v) is 3.75. The van der Waals surface area contributed by atoms with Crippen LogP contribution in [0.1, 0.15) is 6.92 Å². The Bertz CT molecular complexity index is 271. The Labute approximate surface area is 66.2 Å². The average Bonchev–Trinajstić information content (AvgIpc) is 2.04. The second-order valence-electron chi connectivity index (χ2n) is 2.68. The highest BCUT2D eigenvalue weighted by molar-refractivity contribution is 5.96. The van der Waals surface area contributed by atoms with Crippen molar-refractivity contribution in [2.45, 2.75) is 13.0 Å². The van der Waals surface area contributed by atoms with Crippen LogP contribution in [0.3, 0.4) is 0 Å². The van der Waals surface area contributed by atoms with Crippen molar-refractivity contribution in [2.24, 2.45) is 4.99 Å². The minimum atomic E-state index is 0.317. The van der Waals surface area contributed by atoms with Gasteiger partial charge in [0.25, 0.3) is 0 Å². The van der Waals surface area contributed by atoms with Crippen LogP contribution < -0.4 is 0 Å². The number of aliphatic imine (C=N–C) groups is 1. The summed E-state index contributed by atoms with van der Waals surface area (Å²) in [7, 11) is 0. The van der Waals surface area contributed by atoms with Gasteiger partial charge in [-0.1, -0.05) is 6.08 Å². The fraction of sp³-hybridized carbons (Fsp3) is 0.222. The summed E-state index contributed by atoms with van der Waals surface area (Å²) in [4.78, 5) is 6.44. The maximum absolute atomic E-state index is 4.42. The molecule has 56 valence electrons. The van der Waals surface area contributed by atoms with Crippen molar-refractivity contribution in [1.82, 2.24) is 4.90 Å². The SMILES string of the molecule is CC1C=CN2C=CC=CC2=N1. The number of rotatable bonds is 0. The zero-order chi connectivity index (χ0) is 7.68. The fourth-order valence-electron chi connectivity index (χ4n) is 1.15. The van der Waals surface area contributed by atoms with E-state index in [-0.39, 0.29) is 0 Å². The molecule has 0 amide bonds. The number of hydrogen-bond acceptors (Lipinski definition) is 2. The lowest BCUT2D eigenvalue weighted by atomic mass is 10.2. The van der Waals surface area contributed by atoms with Crippen LogP contribution in [0.25, 0.3) is 0 Å². The molecule has 0 aromatic carbocycles. The van der Waals surface area contributed by atoms with E-state index in [2.05, 4.69) is 18.0 Å². The van der Waals surface area contributed by atoms with E-state index in [4.69, 9.17) is 0 Å². The molecule has 0 aromatic rings. The molecule has 0 radical (unpaired) electrons. The van der Waals surface area contributed by atoms with Gasteiger partial charge < -0.3 is 4.90 Å². The normalized spacial score (nSPS) is 26.8. The molecule has 0 N–H and O–H groups in total. The predicted molar refractivity (Wildman–Crippen MR) is 46.2 cm³/mol. The van der Waals surface area contributed by atoms with Crippen molar-refractivity contribution >= 4 is 5.84 Å². The highest BCUT2D eigenvalue weighted by atomic mass is 15.2. The zero-order valence-electron chi connectivity index (χ0n) is 6.44. The van der Waals surface area contributed by atoms with Gasteiger partial charge in [-0.3, -0.25) is 4.99 Å². The van der Waals surface area contributed by atoms with Crippen molar-refractivity contribution in [3.63, 3.8) is 0 Å². The molecule has 0 spiro atoms. The standard InChI is InChI=1S/C9H10N2/c1-8-5-7-11-6-3-2-4-9(11)10-8/h2-8H,1H3. The van der Waals surface area contributed by atoms with E-state index in [0.29, 0.717) is 6.04 Å². The molecule has 2 heteroatoms. The average molecular weight is 146 g/mol. The molecule has 0 saturated carbocycles. The number of hydrogen-bond donors (Lipinski definition) is 0. The van der Waals surface area contributed by atoms with Crippen molar-refractivity contribution in [1.29, 1.82) is 0 Å². The van der Waals surface area contributed by atoms with Crippen LogP contribution in [-0.4, -0.2) is 16.8 Å². The molecule has 0 saturated heterocycles. The molecule has 0 fully saturated rings. The summed E-state index contributed by atoms with van der Waals surface area (Å²) >= 11 is 0. The van der Waals surface area contributed by atoms with Gasteiger partial charge in [0.05, 0.1) is 6.04 Å². The Morgan fingerprint density at radius 1 is 1.36 bits per heavy atom. The monoisotopic (exact) mass is 146 g/mol. The molecule has 2 rings (SSSR count). The third-order valence-corrected chi connectivity index (χ3v) is 1.73. The van der Waals surface area contributed by atoms with Gasteiger partial charge in [0.15, 0.2) is 0 Å². The Balaban J connectivity index is 2.31. The topological polar surface area (TPSA) is 15.6 Å². The smallest absolute Gasteiger partial charge is 0.132 e. The first-order chi connectivity index (χ1) is 5.36. The molecule has 11 heavy (non-hydrogen) atoms. The minimum Gasteiger partial charge on any atom is -0.309 e. The third kappa shape index (κ3) is 1.11. The Morgan fingerprint density at radius 2 is 2.27 bits per heavy atom. The molecule has 2 aliphatic heterocycles. The van der Waals surface area contributed by atoms with Gasteiger partial charge in [-0.05, 0) is 25.2 Å². The summed E-state index contributed by atoms with van der Waals surface area (Å²) in [6.45, 7) is 2.08. The Morgan fingerprint density at radius 3 is 3.18 bits per heavy atom. The van der Waals surface area contributed by atoms with E-state index in [1.807, 2.05) is 35.5 Å². The maximum Gasteiger partial charge on any atom is 0.132 e. The summed E-state index contributed by atoms with van der Waals surface area (Å²) in [6.07, 6.45) is 12.1. The largest absolute Gasteiger partial charge is 0.309 e. The van der Waals surface area contributed by atoms with Crippen molar-refractivity contribution in [3.05, 3.63) is 36.7 Å². The number of amidine groups is 1. The zero-order valence-corrected chi connectivity index (χ0v) is 6.44. The summed E-state index contributed by atoms with van der Waals surface area (Å²) in [5.74, 6) is 1.03. The number of allylic oxidation sites excluding steroid dienone is 2. The van der Waals surface area contributed by atoms with Crippen LogP contribution in [0.15, 0.2) is 41.7 Å². The van der Waals surface area contributed by atoms with E-state index in [1.54, 1.807) is 0 Å². The summed E-state index contributed by atoms with van der Waals surface area (Å²) < 4.78 is 0. The number of nitrogens with zero attached hydrogens (tertiary/aromatic N) is 2. The lowest BCUT2D eigenvalue weighted by Crippen LogP contribution is -2.24. The molecule has 0 aliphatic carbocycles. The van der Waals surface area contributed by atoms with E-state index in [9.17, 15) is 0 Å². The number of fused-ring (bicyclic) bond motifs is 1. The molecule has 2 heterocycles. The van der Waals surface area contributed by atoms with Crippen LogP contribution in [-0.2, 0) is 0 Å². The lowest BCUT2D eigenvalue weighted by molar-refractivity contribution is 0.702. The van der Waals surface area contributed by atoms with Crippen LogP contribution in [0.4, 0.5) is 0 Å². The van der Waals surface area contributed by atoms with Gasteiger partial charge in [-0.25, -0.2) is 0 Å². The van der Waals surface area contributed by atoms with Gasteiger partial charge in [0, 0.05) is 12.4 Å².